The Labute approximate surface area is 262 Å². The number of carbonyl (C=O) groups is 2. The SMILES string of the molecule is C[N+](C)(C)CCO.C[N+](C)(C)CCO.C[N+](C)(C)CCO.C[N+](C)(C)CCO.O=C([O-])C(=O)C(O)P(=O)(O)O.O=P([O-])([O-])[O-]. The van der Waals surface area contributed by atoms with Gasteiger partial charge in [0.1, 0.15) is 32.1 Å². The van der Waals surface area contributed by atoms with E-state index < -0.39 is 33.0 Å². The van der Waals surface area contributed by atoms with Crippen LogP contribution in [-0.4, -0.2) is 208 Å². The zero-order valence-electron chi connectivity index (χ0n) is 28.3. The van der Waals surface area contributed by atoms with Crippen molar-refractivity contribution in [2.75, 3.05) is 137 Å². The predicted molar refractivity (Wildman–Crippen MR) is 156 cm³/mol. The maximum absolute atomic E-state index is 10.1. The van der Waals surface area contributed by atoms with Gasteiger partial charge in [0.05, 0.1) is 111 Å². The van der Waals surface area contributed by atoms with E-state index in [0.29, 0.717) is 0 Å². The highest BCUT2D eigenvalue weighted by atomic mass is 31.2. The van der Waals surface area contributed by atoms with E-state index in [-0.39, 0.29) is 26.4 Å². The van der Waals surface area contributed by atoms with Gasteiger partial charge in [-0.15, -0.1) is 0 Å². The van der Waals surface area contributed by atoms with Gasteiger partial charge in [0, 0.05) is 0 Å². The van der Waals surface area contributed by atoms with Crippen LogP contribution in [0.3, 0.4) is 0 Å². The van der Waals surface area contributed by atoms with Crippen molar-refractivity contribution in [2.24, 2.45) is 0 Å². The first-order valence-corrected chi connectivity index (χ1v) is 16.0. The number of aliphatic hydroxyl groups excluding tert-OH is 5. The van der Waals surface area contributed by atoms with E-state index in [1.165, 1.54) is 0 Å². The van der Waals surface area contributed by atoms with E-state index in [2.05, 4.69) is 84.6 Å². The zero-order valence-corrected chi connectivity index (χ0v) is 30.1. The van der Waals surface area contributed by atoms with Crippen LogP contribution in [0, 0.1) is 0 Å². The molecular weight excluding hydrogens is 634 g/mol. The van der Waals surface area contributed by atoms with Crippen LogP contribution in [0.4, 0.5) is 0 Å². The third-order valence-corrected chi connectivity index (χ3v) is 4.71. The van der Waals surface area contributed by atoms with Crippen LogP contribution >= 0.6 is 15.4 Å². The molecule has 0 aromatic heterocycles. The van der Waals surface area contributed by atoms with Gasteiger partial charge in [0.25, 0.3) is 0 Å². The highest BCUT2D eigenvalue weighted by Crippen LogP contribution is 2.39. The molecule has 1 atom stereocenters. The topological polar surface area (TPSA) is 302 Å². The molecule has 0 aromatic rings. The van der Waals surface area contributed by atoms with Crippen LogP contribution in [0.2, 0.25) is 0 Å². The van der Waals surface area contributed by atoms with E-state index in [1.54, 1.807) is 0 Å². The molecule has 21 heteroatoms. The first-order valence-electron chi connectivity index (χ1n) is 12.9. The number of aliphatic carboxylic acids is 1. The minimum absolute atomic E-state index is 0.281. The Kier molecular flexibility index (Phi) is 32.9. The number of carboxylic acids is 1. The number of carboxylic acid groups (broad SMARTS) is 1. The summed E-state index contributed by atoms with van der Waals surface area (Å²) in [6, 6.07) is 0. The summed E-state index contributed by atoms with van der Waals surface area (Å²) in [5, 5.41) is 51.5. The Morgan fingerprint density at radius 1 is 0.568 bits per heavy atom. The minimum atomic E-state index is -5.39. The van der Waals surface area contributed by atoms with Gasteiger partial charge in [0.2, 0.25) is 11.6 Å². The lowest BCUT2D eigenvalue weighted by Gasteiger charge is -2.36. The molecule has 0 saturated carbocycles. The highest BCUT2D eigenvalue weighted by molar-refractivity contribution is 7.53. The molecule has 0 rings (SSSR count). The lowest BCUT2D eigenvalue weighted by atomic mass is 10.4. The summed E-state index contributed by atoms with van der Waals surface area (Å²) in [5.74, 6) is -7.19. The maximum atomic E-state index is 10.1. The number of aliphatic hydroxyl groups is 5. The number of carbonyl (C=O) groups excluding carboxylic acids is 2. The van der Waals surface area contributed by atoms with E-state index in [9.17, 15) is 19.3 Å². The molecule has 0 radical (unpaired) electrons. The molecule has 272 valence electrons. The number of ketones is 1. The average Bonchev–Trinajstić information content (AvgIpc) is 2.69. The Morgan fingerprint density at radius 3 is 0.750 bits per heavy atom. The maximum Gasteiger partial charge on any atom is 0.361 e. The fourth-order valence-corrected chi connectivity index (χ4v) is 1.87. The van der Waals surface area contributed by atoms with Gasteiger partial charge in [-0.05, 0) is 0 Å². The van der Waals surface area contributed by atoms with Gasteiger partial charge in [0.15, 0.2) is 0 Å². The lowest BCUT2D eigenvalue weighted by molar-refractivity contribution is -0.870. The first-order chi connectivity index (χ1) is 19.0. The number of rotatable bonds is 11. The van der Waals surface area contributed by atoms with E-state index >= 15 is 0 Å². The van der Waals surface area contributed by atoms with Crippen molar-refractivity contribution >= 4 is 27.2 Å². The molecular formula is C23H60N4O15P2. The molecule has 0 aliphatic heterocycles. The summed E-state index contributed by atoms with van der Waals surface area (Å²) in [7, 11) is 14.2. The number of hydrogen-bond acceptors (Lipinski definition) is 13. The summed E-state index contributed by atoms with van der Waals surface area (Å²) >= 11 is 0. The Morgan fingerprint density at radius 2 is 0.727 bits per heavy atom. The molecule has 0 aromatic carbocycles. The predicted octanol–water partition coefficient (Wildman–Crippen LogP) is -7.28. The van der Waals surface area contributed by atoms with Crippen LogP contribution in [0.5, 0.6) is 0 Å². The van der Waals surface area contributed by atoms with Gasteiger partial charge in [-0.25, -0.2) is 0 Å². The van der Waals surface area contributed by atoms with E-state index in [0.717, 1.165) is 44.1 Å². The van der Waals surface area contributed by atoms with Crippen LogP contribution in [-0.2, 0) is 18.7 Å². The summed E-state index contributed by atoms with van der Waals surface area (Å²) in [4.78, 5) is 61.5. The van der Waals surface area contributed by atoms with Crippen molar-refractivity contribution in [2.45, 2.75) is 5.85 Å². The lowest BCUT2D eigenvalue weighted by Crippen LogP contribution is -2.38. The smallest absolute Gasteiger partial charge is 0.361 e. The monoisotopic (exact) mass is 694 g/mol. The van der Waals surface area contributed by atoms with Gasteiger partial charge in [-0.2, -0.15) is 7.82 Å². The van der Waals surface area contributed by atoms with Gasteiger partial charge in [-0.1, -0.05) is 0 Å². The molecule has 0 heterocycles. The third kappa shape index (κ3) is 78.0. The second kappa shape index (κ2) is 26.1. The van der Waals surface area contributed by atoms with Crippen molar-refractivity contribution in [1.82, 2.24) is 0 Å². The summed E-state index contributed by atoms with van der Waals surface area (Å²) in [6.45, 7) is 4.46. The summed E-state index contributed by atoms with van der Waals surface area (Å²) < 4.78 is 21.9. The van der Waals surface area contributed by atoms with Crippen molar-refractivity contribution in [3.63, 3.8) is 0 Å². The van der Waals surface area contributed by atoms with Gasteiger partial charge >= 0.3 is 7.60 Å². The molecule has 0 spiro atoms. The number of quaternary nitrogens is 4. The molecule has 0 amide bonds. The molecule has 0 saturated heterocycles. The number of likely N-dealkylation sites (N-methyl/N-ethyl adjacent to an activating group) is 4. The molecule has 1 unspecified atom stereocenters. The Hall–Kier alpha value is -0.960. The zero-order chi connectivity index (χ0) is 37.4. The summed E-state index contributed by atoms with van der Waals surface area (Å²) in [6.07, 6.45) is 0. The molecule has 0 fully saturated rings. The standard InChI is InChI=1S/4C5H14NO.C3H5O7P.H3O4P/c4*1-6(2,3)4-5-7;4-1(2(5)6)3(7)11(8,9)10;1-5(2,3)4/h4*7H,4-5H2,1-3H3;3,7H,(H,5,6)(H2,8,9,10);(H3,1,2,3,4)/q4*+1;;/p-4. The number of Topliss-reactive ketones (excluding diaryl/α,β-unsaturated/α-hetero) is 1. The van der Waals surface area contributed by atoms with Crippen LogP contribution in [0.1, 0.15) is 0 Å². The Balaban J connectivity index is -0.000000100. The molecule has 7 N–H and O–H groups in total. The largest absolute Gasteiger partial charge is 0.822 e. The first kappa shape index (κ1) is 55.4. The third-order valence-electron chi connectivity index (χ3n) is 3.84. The average molecular weight is 695 g/mol. The van der Waals surface area contributed by atoms with Crippen molar-refractivity contribution in [3.05, 3.63) is 0 Å². The molecule has 0 aliphatic rings. The second-order valence-electron chi connectivity index (χ2n) is 13.0. The van der Waals surface area contributed by atoms with Gasteiger partial charge < -0.3 is 82.4 Å². The van der Waals surface area contributed by atoms with Crippen molar-refractivity contribution in [3.8, 4) is 0 Å². The van der Waals surface area contributed by atoms with Crippen molar-refractivity contribution < 1.29 is 91.8 Å². The molecule has 0 bridgehead atoms. The molecule has 44 heavy (non-hydrogen) atoms. The Bertz CT molecular complexity index is 738. The fraction of sp³-hybridized carbons (Fsp3) is 0.913. The number of nitrogens with zero attached hydrogens (tertiary/aromatic N) is 4. The van der Waals surface area contributed by atoms with E-state index in [4.69, 9.17) is 54.6 Å². The number of phosphoric acid groups is 1. The molecule has 0 aliphatic carbocycles. The minimum Gasteiger partial charge on any atom is -0.822 e. The normalized spacial score (nSPS) is 12.5. The van der Waals surface area contributed by atoms with Crippen LogP contribution < -0.4 is 19.8 Å². The van der Waals surface area contributed by atoms with E-state index in [1.807, 2.05) is 0 Å². The van der Waals surface area contributed by atoms with Crippen molar-refractivity contribution in [1.29, 1.82) is 0 Å². The fourth-order valence-electron chi connectivity index (χ4n) is 1.46. The van der Waals surface area contributed by atoms with Crippen LogP contribution in [0.15, 0.2) is 0 Å². The second-order valence-corrected chi connectivity index (χ2v) is 15.6. The van der Waals surface area contributed by atoms with Gasteiger partial charge in [-0.3, -0.25) is 9.36 Å². The highest BCUT2D eigenvalue weighted by Gasteiger charge is 2.33. The molecule has 19 nitrogen and oxygen atoms in total. The van der Waals surface area contributed by atoms with Crippen LogP contribution in [0.25, 0.3) is 0 Å². The quantitative estimate of drug-likeness (QED) is 0.0600. The number of hydrogen-bond donors (Lipinski definition) is 7. The summed E-state index contributed by atoms with van der Waals surface area (Å²) in [5.41, 5.74) is 0.